The maximum Gasteiger partial charge on any atom is 0.0375 e. The van der Waals surface area contributed by atoms with Gasteiger partial charge in [-0.15, -0.1) is 0 Å². The first-order chi connectivity index (χ1) is 6.56. The topological polar surface area (TPSA) is 29.3 Å². The molecule has 1 aromatic carbocycles. The third-order valence-corrected chi connectivity index (χ3v) is 3.08. The molecule has 0 aliphatic carbocycles. The summed E-state index contributed by atoms with van der Waals surface area (Å²) >= 11 is 3.54. The molecule has 2 N–H and O–H groups in total. The van der Waals surface area contributed by atoms with Gasteiger partial charge in [0.2, 0.25) is 0 Å². The molecule has 1 atom stereocenters. The van der Waals surface area contributed by atoms with E-state index in [1.165, 1.54) is 5.69 Å². The summed E-state index contributed by atoms with van der Waals surface area (Å²) in [5.74, 6) is 0. The molecule has 0 aliphatic heterocycles. The zero-order chi connectivity index (χ0) is 10.7. The predicted octanol–water partition coefficient (Wildman–Crippen LogP) is 2.92. The number of benzene rings is 1. The van der Waals surface area contributed by atoms with Crippen LogP contribution in [0.2, 0.25) is 0 Å². The minimum Gasteiger partial charge on any atom is -0.375 e. The second-order valence-electron chi connectivity index (χ2n) is 3.51. The quantitative estimate of drug-likeness (QED) is 0.902. The largest absolute Gasteiger partial charge is 0.375 e. The van der Waals surface area contributed by atoms with Crippen LogP contribution in [0, 0.1) is 0 Å². The molecule has 0 aliphatic rings. The molecule has 78 valence electrons. The fourth-order valence-corrected chi connectivity index (χ4v) is 2.03. The highest BCUT2D eigenvalue weighted by atomic mass is 79.9. The van der Waals surface area contributed by atoms with Crippen LogP contribution in [0.15, 0.2) is 22.7 Å². The van der Waals surface area contributed by atoms with Crippen LogP contribution in [0.5, 0.6) is 0 Å². The van der Waals surface area contributed by atoms with E-state index in [1.54, 1.807) is 0 Å². The van der Waals surface area contributed by atoms with Crippen LogP contribution in [-0.2, 0) is 0 Å². The molecule has 0 fully saturated rings. The normalized spacial score (nSPS) is 12.6. The Labute approximate surface area is 94.2 Å². The van der Waals surface area contributed by atoms with Gasteiger partial charge in [0.15, 0.2) is 0 Å². The van der Waals surface area contributed by atoms with E-state index < -0.39 is 0 Å². The van der Waals surface area contributed by atoms with Crippen molar-refractivity contribution in [2.24, 2.45) is 5.73 Å². The van der Waals surface area contributed by atoms with Crippen molar-refractivity contribution < 1.29 is 0 Å². The van der Waals surface area contributed by atoms with Gasteiger partial charge in [-0.3, -0.25) is 0 Å². The lowest BCUT2D eigenvalue weighted by atomic mass is 10.1. The molecule has 2 nitrogen and oxygen atoms in total. The summed E-state index contributed by atoms with van der Waals surface area (Å²) in [4.78, 5) is 2.19. The summed E-state index contributed by atoms with van der Waals surface area (Å²) in [5.41, 5.74) is 8.19. The van der Waals surface area contributed by atoms with E-state index in [0.29, 0.717) is 0 Å². The highest BCUT2D eigenvalue weighted by Crippen LogP contribution is 2.26. The van der Waals surface area contributed by atoms with Gasteiger partial charge in [0.1, 0.15) is 0 Å². The van der Waals surface area contributed by atoms with Crippen molar-refractivity contribution in [2.75, 3.05) is 18.5 Å². The number of halogens is 1. The molecule has 0 aromatic heterocycles. The van der Waals surface area contributed by atoms with Crippen molar-refractivity contribution in [1.29, 1.82) is 0 Å². The smallest absolute Gasteiger partial charge is 0.0375 e. The minimum atomic E-state index is 0.0744. The summed E-state index contributed by atoms with van der Waals surface area (Å²) < 4.78 is 1.09. The fraction of sp³-hybridized carbons (Fsp3) is 0.455. The van der Waals surface area contributed by atoms with Gasteiger partial charge in [-0.05, 0) is 31.5 Å². The van der Waals surface area contributed by atoms with E-state index in [1.807, 2.05) is 6.92 Å². The molecule has 1 rings (SSSR count). The number of anilines is 1. The first-order valence-electron chi connectivity index (χ1n) is 4.82. The third-order valence-electron chi connectivity index (χ3n) is 2.39. The summed E-state index contributed by atoms with van der Waals surface area (Å²) in [6.45, 7) is 5.13. The van der Waals surface area contributed by atoms with Gasteiger partial charge in [-0.1, -0.05) is 22.0 Å². The molecule has 0 saturated heterocycles. The lowest BCUT2D eigenvalue weighted by molar-refractivity contribution is 0.812. The number of nitrogens with zero attached hydrogens (tertiary/aromatic N) is 1. The zero-order valence-corrected chi connectivity index (χ0v) is 10.5. The van der Waals surface area contributed by atoms with Gasteiger partial charge in [0, 0.05) is 29.8 Å². The molecule has 0 bridgehead atoms. The van der Waals surface area contributed by atoms with Gasteiger partial charge in [0.25, 0.3) is 0 Å². The van der Waals surface area contributed by atoms with Gasteiger partial charge in [-0.25, -0.2) is 0 Å². The molecular formula is C11H17BrN2. The molecular weight excluding hydrogens is 240 g/mol. The molecule has 0 heterocycles. The highest BCUT2D eigenvalue weighted by molar-refractivity contribution is 9.10. The van der Waals surface area contributed by atoms with Crippen LogP contribution in [0.1, 0.15) is 25.5 Å². The Bertz CT molecular complexity index is 310. The Morgan fingerprint density at radius 1 is 1.50 bits per heavy atom. The van der Waals surface area contributed by atoms with Crippen molar-refractivity contribution in [3.8, 4) is 0 Å². The van der Waals surface area contributed by atoms with Crippen LogP contribution in [-0.4, -0.2) is 13.6 Å². The van der Waals surface area contributed by atoms with Crippen molar-refractivity contribution in [2.45, 2.75) is 19.9 Å². The number of nitrogens with two attached hydrogens (primary N) is 1. The van der Waals surface area contributed by atoms with Crippen LogP contribution >= 0.6 is 15.9 Å². The average molecular weight is 257 g/mol. The SMILES string of the molecule is CCN(C)c1ccc([C@H](C)N)c(Br)c1. The van der Waals surface area contributed by atoms with Crippen LogP contribution in [0.25, 0.3) is 0 Å². The monoisotopic (exact) mass is 256 g/mol. The van der Waals surface area contributed by atoms with E-state index in [4.69, 9.17) is 5.73 Å². The first kappa shape index (κ1) is 11.5. The molecule has 14 heavy (non-hydrogen) atoms. The van der Waals surface area contributed by atoms with E-state index in [2.05, 4.69) is 53.0 Å². The number of rotatable bonds is 3. The predicted molar refractivity (Wildman–Crippen MR) is 65.7 cm³/mol. The van der Waals surface area contributed by atoms with E-state index in [-0.39, 0.29) is 6.04 Å². The Hall–Kier alpha value is -0.540. The van der Waals surface area contributed by atoms with Gasteiger partial charge in [0.05, 0.1) is 0 Å². The maximum absolute atomic E-state index is 5.83. The lowest BCUT2D eigenvalue weighted by Crippen LogP contribution is -2.16. The van der Waals surface area contributed by atoms with Crippen molar-refractivity contribution >= 4 is 21.6 Å². The van der Waals surface area contributed by atoms with E-state index >= 15 is 0 Å². The van der Waals surface area contributed by atoms with Gasteiger partial charge in [-0.2, -0.15) is 0 Å². The molecule has 1 aromatic rings. The van der Waals surface area contributed by atoms with Crippen molar-refractivity contribution in [3.05, 3.63) is 28.2 Å². The molecule has 0 amide bonds. The molecule has 0 saturated carbocycles. The second-order valence-corrected chi connectivity index (χ2v) is 4.36. The summed E-state index contributed by atoms with van der Waals surface area (Å²) in [6.07, 6.45) is 0. The average Bonchev–Trinajstić information content (AvgIpc) is 2.15. The van der Waals surface area contributed by atoms with E-state index in [0.717, 1.165) is 16.6 Å². The van der Waals surface area contributed by atoms with Crippen molar-refractivity contribution in [1.82, 2.24) is 0 Å². The fourth-order valence-electron chi connectivity index (χ4n) is 1.31. The Kier molecular flexibility index (Phi) is 3.96. The van der Waals surface area contributed by atoms with Crippen molar-refractivity contribution in [3.63, 3.8) is 0 Å². The summed E-state index contributed by atoms with van der Waals surface area (Å²) in [5, 5.41) is 0. The summed E-state index contributed by atoms with van der Waals surface area (Å²) in [7, 11) is 2.08. The molecule has 0 radical (unpaired) electrons. The lowest BCUT2D eigenvalue weighted by Gasteiger charge is -2.18. The zero-order valence-electron chi connectivity index (χ0n) is 8.92. The van der Waals surface area contributed by atoms with Gasteiger partial charge < -0.3 is 10.6 Å². The second kappa shape index (κ2) is 4.80. The number of hydrogen-bond acceptors (Lipinski definition) is 2. The standard InChI is InChI=1S/C11H17BrN2/c1-4-14(3)9-5-6-10(8(2)13)11(12)7-9/h5-8H,4,13H2,1-3H3/t8-/m0/s1. The van der Waals surface area contributed by atoms with Crippen LogP contribution in [0.3, 0.4) is 0 Å². The first-order valence-corrected chi connectivity index (χ1v) is 5.61. The minimum absolute atomic E-state index is 0.0744. The number of hydrogen-bond donors (Lipinski definition) is 1. The van der Waals surface area contributed by atoms with E-state index in [9.17, 15) is 0 Å². The molecule has 3 heteroatoms. The molecule has 0 spiro atoms. The third kappa shape index (κ3) is 2.49. The summed E-state index contributed by atoms with van der Waals surface area (Å²) in [6, 6.07) is 6.37. The van der Waals surface area contributed by atoms with Gasteiger partial charge >= 0.3 is 0 Å². The Morgan fingerprint density at radius 2 is 2.14 bits per heavy atom. The van der Waals surface area contributed by atoms with Crippen LogP contribution < -0.4 is 10.6 Å². The van der Waals surface area contributed by atoms with Crippen LogP contribution in [0.4, 0.5) is 5.69 Å². The maximum atomic E-state index is 5.83. The Morgan fingerprint density at radius 3 is 2.57 bits per heavy atom. The highest BCUT2D eigenvalue weighted by Gasteiger charge is 2.06. The Balaban J connectivity index is 3.00. The molecule has 0 unspecified atom stereocenters.